The summed E-state index contributed by atoms with van der Waals surface area (Å²) < 4.78 is 9.34. The van der Waals surface area contributed by atoms with Crippen LogP contribution in [0.2, 0.25) is 0 Å². The van der Waals surface area contributed by atoms with Crippen molar-refractivity contribution in [1.29, 1.82) is 0 Å². The Hall–Kier alpha value is -8.67. The van der Waals surface area contributed by atoms with Crippen LogP contribution in [0.1, 0.15) is 58.2 Å². The van der Waals surface area contributed by atoms with Crippen LogP contribution in [-0.2, 0) is 10.8 Å². The number of benzene rings is 9. The number of aryl methyl sites for hydroxylation is 1. The molecule has 2 aromatic heterocycles. The molecule has 1 aliphatic heterocycles. The van der Waals surface area contributed by atoms with Crippen LogP contribution >= 0.6 is 0 Å². The van der Waals surface area contributed by atoms with Crippen LogP contribution in [-0.4, -0.2) is 16.2 Å². The first-order chi connectivity index (χ1) is 35.9. The number of hydrogen-bond acceptors (Lipinski definition) is 4. The third kappa shape index (κ3) is 8.58. The first-order valence-corrected chi connectivity index (χ1v) is 25.8. The minimum absolute atomic E-state index is 0.0406. The van der Waals surface area contributed by atoms with Gasteiger partial charge in [-0.2, -0.15) is 0 Å². The van der Waals surface area contributed by atoms with E-state index in [1.54, 1.807) is 0 Å². The van der Waals surface area contributed by atoms with Crippen LogP contribution < -0.4 is 14.5 Å². The fourth-order valence-corrected chi connectivity index (χ4v) is 10.8. The maximum atomic E-state index is 7.07. The number of aromatic nitrogens is 2. The fourth-order valence-electron chi connectivity index (χ4n) is 10.8. The molecule has 11 aromatic rings. The number of hydrogen-bond donors (Lipinski definition) is 0. The molecule has 0 spiro atoms. The van der Waals surface area contributed by atoms with E-state index in [0.717, 1.165) is 61.9 Å². The van der Waals surface area contributed by atoms with E-state index >= 15 is 0 Å². The van der Waals surface area contributed by atoms with Crippen molar-refractivity contribution in [1.82, 2.24) is 9.55 Å². The highest BCUT2D eigenvalue weighted by Crippen LogP contribution is 2.51. The standard InChI is InChI=1S/C69H60N4O/c1-46-38-66(70-44-61(46)48-22-12-9-13-23-48)73-62-29-15-14-26-59(62)60-37-36-55(43-65(60)73)74-56-41-53(69(5,6)7)40-54(42-56)71-45-72(64-31-17-16-30-63(64)71)67-57(49-32-34-52(35-33-49)68(2,3)4)27-19-28-58(67)51-25-18-24-50(39-51)47-20-10-8-11-21-47/h8-44H,45H2,1-7H3. The molecule has 0 unspecified atom stereocenters. The van der Waals surface area contributed by atoms with Crippen LogP contribution in [0.5, 0.6) is 11.5 Å². The molecular formula is C69H60N4O. The maximum Gasteiger partial charge on any atom is 0.137 e. The van der Waals surface area contributed by atoms with Gasteiger partial charge < -0.3 is 14.5 Å². The van der Waals surface area contributed by atoms with E-state index in [1.165, 1.54) is 61.1 Å². The second-order valence-corrected chi connectivity index (χ2v) is 21.8. The van der Waals surface area contributed by atoms with Gasteiger partial charge in [0.25, 0.3) is 0 Å². The lowest BCUT2D eigenvalue weighted by molar-refractivity contribution is 0.479. The van der Waals surface area contributed by atoms with Crippen molar-refractivity contribution in [3.8, 4) is 61.8 Å². The highest BCUT2D eigenvalue weighted by Gasteiger charge is 2.33. The second kappa shape index (κ2) is 18.4. The van der Waals surface area contributed by atoms with Crippen LogP contribution in [0.25, 0.3) is 72.1 Å². The zero-order valence-corrected chi connectivity index (χ0v) is 43.3. The summed E-state index contributed by atoms with van der Waals surface area (Å²) in [6, 6.07) is 79.0. The Morgan fingerprint density at radius 1 is 0.419 bits per heavy atom. The summed E-state index contributed by atoms with van der Waals surface area (Å²) in [7, 11) is 0. The van der Waals surface area contributed by atoms with Gasteiger partial charge in [-0.25, -0.2) is 4.98 Å². The molecule has 9 aromatic carbocycles. The van der Waals surface area contributed by atoms with Crippen molar-refractivity contribution in [2.24, 2.45) is 0 Å². The summed E-state index contributed by atoms with van der Waals surface area (Å²) in [4.78, 5) is 10.1. The maximum absolute atomic E-state index is 7.07. The van der Waals surface area contributed by atoms with Crippen molar-refractivity contribution < 1.29 is 4.74 Å². The molecule has 0 saturated heterocycles. The van der Waals surface area contributed by atoms with E-state index in [4.69, 9.17) is 9.72 Å². The van der Waals surface area contributed by atoms with Crippen molar-refractivity contribution >= 4 is 44.6 Å². The fraction of sp³-hybridized carbons (Fsp3) is 0.145. The molecule has 5 heteroatoms. The summed E-state index contributed by atoms with van der Waals surface area (Å²) >= 11 is 0. The minimum Gasteiger partial charge on any atom is -0.457 e. The summed E-state index contributed by atoms with van der Waals surface area (Å²) in [6.07, 6.45) is 2.01. The average Bonchev–Trinajstić information content (AvgIpc) is 3.97. The van der Waals surface area contributed by atoms with Gasteiger partial charge in [-0.05, 0) is 117 Å². The number of nitrogens with zero attached hydrogens (tertiary/aromatic N) is 4. The molecule has 0 fully saturated rings. The number of anilines is 4. The Kier molecular flexibility index (Phi) is 11.6. The molecule has 12 rings (SSSR count). The number of pyridine rings is 1. The van der Waals surface area contributed by atoms with Crippen molar-refractivity contribution in [3.05, 3.63) is 241 Å². The van der Waals surface area contributed by atoms with E-state index in [-0.39, 0.29) is 10.8 Å². The number of ether oxygens (including phenoxy) is 1. The van der Waals surface area contributed by atoms with Gasteiger partial charge in [-0.1, -0.05) is 193 Å². The monoisotopic (exact) mass is 960 g/mol. The SMILES string of the molecule is Cc1cc(-n2c3ccccc3c3ccc(Oc4cc(N5CN(c6c(-c7ccc(C(C)(C)C)cc7)cccc6-c6cccc(-c7ccccc7)c6)c6ccccc65)cc(C(C)(C)C)c4)cc32)ncc1-c1ccccc1. The molecule has 362 valence electrons. The molecule has 0 radical (unpaired) electrons. The van der Waals surface area contributed by atoms with Gasteiger partial charge in [0.2, 0.25) is 0 Å². The second-order valence-electron chi connectivity index (χ2n) is 21.8. The summed E-state index contributed by atoms with van der Waals surface area (Å²) in [5.74, 6) is 2.41. The van der Waals surface area contributed by atoms with Gasteiger partial charge in [-0.15, -0.1) is 0 Å². The van der Waals surface area contributed by atoms with E-state index in [9.17, 15) is 0 Å². The van der Waals surface area contributed by atoms with Crippen molar-refractivity contribution in [2.45, 2.75) is 59.3 Å². The summed E-state index contributed by atoms with van der Waals surface area (Å²) in [6.45, 7) is 16.4. The van der Waals surface area contributed by atoms with Crippen LogP contribution in [0.15, 0.2) is 225 Å². The van der Waals surface area contributed by atoms with E-state index in [1.807, 2.05) is 6.20 Å². The van der Waals surface area contributed by atoms with Gasteiger partial charge in [0.05, 0.1) is 28.1 Å². The van der Waals surface area contributed by atoms with Gasteiger partial charge in [0.15, 0.2) is 0 Å². The average molecular weight is 961 g/mol. The predicted molar refractivity (Wildman–Crippen MR) is 311 cm³/mol. The normalized spacial score (nSPS) is 12.7. The molecule has 0 atom stereocenters. The number of para-hydroxylation sites is 4. The summed E-state index contributed by atoms with van der Waals surface area (Å²) in [5.41, 5.74) is 19.6. The molecule has 0 amide bonds. The quantitative estimate of drug-likeness (QED) is 0.144. The van der Waals surface area contributed by atoms with E-state index in [0.29, 0.717) is 6.67 Å². The smallest absolute Gasteiger partial charge is 0.137 e. The van der Waals surface area contributed by atoms with Crippen LogP contribution in [0.3, 0.4) is 0 Å². The molecule has 0 bridgehead atoms. The summed E-state index contributed by atoms with van der Waals surface area (Å²) in [5, 5.41) is 2.32. The Balaban J connectivity index is 0.961. The third-order valence-electron chi connectivity index (χ3n) is 14.8. The molecule has 0 saturated carbocycles. The zero-order chi connectivity index (χ0) is 50.7. The lowest BCUT2D eigenvalue weighted by Crippen LogP contribution is -2.25. The highest BCUT2D eigenvalue weighted by atomic mass is 16.5. The Labute approximate surface area is 435 Å². The van der Waals surface area contributed by atoms with Gasteiger partial charge in [0.1, 0.15) is 24.0 Å². The van der Waals surface area contributed by atoms with Gasteiger partial charge >= 0.3 is 0 Å². The topological polar surface area (TPSA) is 33.5 Å². The largest absolute Gasteiger partial charge is 0.457 e. The van der Waals surface area contributed by atoms with Crippen molar-refractivity contribution in [3.63, 3.8) is 0 Å². The number of fused-ring (bicyclic) bond motifs is 4. The molecule has 0 N–H and O–H groups in total. The lowest BCUT2D eigenvalue weighted by atomic mass is 9.85. The Morgan fingerprint density at radius 2 is 1.01 bits per heavy atom. The minimum atomic E-state index is -0.165. The molecule has 0 aliphatic carbocycles. The van der Waals surface area contributed by atoms with Crippen molar-refractivity contribution in [2.75, 3.05) is 16.5 Å². The molecule has 1 aliphatic rings. The first kappa shape index (κ1) is 46.4. The molecule has 5 nitrogen and oxygen atoms in total. The van der Waals surface area contributed by atoms with Crippen LogP contribution in [0, 0.1) is 6.92 Å². The van der Waals surface area contributed by atoms with Gasteiger partial charge in [0, 0.05) is 51.5 Å². The predicted octanol–water partition coefficient (Wildman–Crippen LogP) is 18.8. The van der Waals surface area contributed by atoms with Gasteiger partial charge in [-0.3, -0.25) is 4.57 Å². The van der Waals surface area contributed by atoms with Crippen LogP contribution in [0.4, 0.5) is 22.7 Å². The molecule has 74 heavy (non-hydrogen) atoms. The molecule has 3 heterocycles. The number of rotatable bonds is 9. The molecular weight excluding hydrogens is 901 g/mol. The first-order valence-electron chi connectivity index (χ1n) is 25.8. The Bertz CT molecular complexity index is 3880. The lowest BCUT2D eigenvalue weighted by Gasteiger charge is -2.28. The highest BCUT2D eigenvalue weighted by molar-refractivity contribution is 6.09. The zero-order valence-electron chi connectivity index (χ0n) is 43.3. The Morgan fingerprint density at radius 3 is 1.73 bits per heavy atom. The van der Waals surface area contributed by atoms with E-state index < -0.39 is 0 Å². The third-order valence-corrected chi connectivity index (χ3v) is 14.8. The van der Waals surface area contributed by atoms with E-state index in [2.05, 4.69) is 281 Å².